The van der Waals surface area contributed by atoms with Crippen molar-refractivity contribution in [3.63, 3.8) is 0 Å². The van der Waals surface area contributed by atoms with Crippen LogP contribution in [0.5, 0.6) is 0 Å². The molecule has 128 valence electrons. The molecular weight excluding hydrogens is 314 g/mol. The Hall–Kier alpha value is -2.63. The third-order valence-electron chi connectivity index (χ3n) is 5.49. The summed E-state index contributed by atoms with van der Waals surface area (Å²) in [4.78, 5) is 24.5. The third-order valence-corrected chi connectivity index (χ3v) is 5.49. The van der Waals surface area contributed by atoms with Gasteiger partial charge in [-0.05, 0) is 56.7 Å². The maximum Gasteiger partial charge on any atom is 0.241 e. The van der Waals surface area contributed by atoms with Gasteiger partial charge >= 0.3 is 0 Å². The van der Waals surface area contributed by atoms with E-state index in [1.165, 1.54) is 24.7 Å². The van der Waals surface area contributed by atoms with Gasteiger partial charge in [0.05, 0.1) is 10.9 Å². The summed E-state index contributed by atoms with van der Waals surface area (Å²) >= 11 is 0. The molecule has 3 heterocycles. The number of hydrogen-bond acceptors (Lipinski definition) is 4. The van der Waals surface area contributed by atoms with Gasteiger partial charge in [-0.3, -0.25) is 10.2 Å². The number of hydrogen-bond donors (Lipinski definition) is 2. The van der Waals surface area contributed by atoms with E-state index < -0.39 is 0 Å². The number of aromatic nitrogens is 3. The molecule has 2 aliphatic rings. The summed E-state index contributed by atoms with van der Waals surface area (Å²) in [5.41, 5.74) is 6.28. The van der Waals surface area contributed by atoms with Crippen molar-refractivity contribution in [2.45, 2.75) is 51.0 Å². The molecule has 5 rings (SSSR count). The highest BCUT2D eigenvalue weighted by atomic mass is 16.2. The van der Waals surface area contributed by atoms with Crippen molar-refractivity contribution >= 4 is 33.7 Å². The summed E-state index contributed by atoms with van der Waals surface area (Å²) in [5, 5.41) is 3.79. The summed E-state index contributed by atoms with van der Waals surface area (Å²) < 4.78 is 0. The van der Waals surface area contributed by atoms with Crippen molar-refractivity contribution in [2.75, 3.05) is 5.43 Å². The zero-order valence-electron chi connectivity index (χ0n) is 14.5. The molecule has 6 nitrogen and oxygen atoms in total. The molecule has 2 fully saturated rings. The lowest BCUT2D eigenvalue weighted by Crippen LogP contribution is -2.45. The quantitative estimate of drug-likeness (QED) is 0.765. The minimum atomic E-state index is -0.223. The van der Waals surface area contributed by atoms with E-state index in [0.29, 0.717) is 18.2 Å². The van der Waals surface area contributed by atoms with Crippen LogP contribution in [0.2, 0.25) is 0 Å². The molecule has 0 spiro atoms. The molecule has 1 saturated heterocycles. The van der Waals surface area contributed by atoms with Gasteiger partial charge in [-0.1, -0.05) is 6.07 Å². The standard InChI is InChI=1S/C19H21N5O/c1-19(2)8-7-15(25)24(19)23-18-16-13-9-12(11-3-4-11)5-6-14(13)22-17(16)20-10-21-18/h5-6,9-11H,3-4,7-8H2,1-2H3,(H2,20,21,22,23). The van der Waals surface area contributed by atoms with Crippen LogP contribution in [-0.2, 0) is 4.79 Å². The Labute approximate surface area is 145 Å². The van der Waals surface area contributed by atoms with Crippen LogP contribution in [0.1, 0.15) is 51.0 Å². The van der Waals surface area contributed by atoms with Gasteiger partial charge in [0.25, 0.3) is 0 Å². The van der Waals surface area contributed by atoms with E-state index in [9.17, 15) is 4.79 Å². The van der Waals surface area contributed by atoms with Crippen LogP contribution in [0.25, 0.3) is 21.9 Å². The number of fused-ring (bicyclic) bond motifs is 3. The average molecular weight is 335 g/mol. The number of aromatic amines is 1. The summed E-state index contributed by atoms with van der Waals surface area (Å²) in [6.45, 7) is 4.15. The first-order valence-corrected chi connectivity index (χ1v) is 8.89. The largest absolute Gasteiger partial charge is 0.339 e. The molecule has 0 radical (unpaired) electrons. The fourth-order valence-electron chi connectivity index (χ4n) is 3.79. The molecule has 1 amide bonds. The first-order chi connectivity index (χ1) is 12.0. The van der Waals surface area contributed by atoms with Gasteiger partial charge in [0.2, 0.25) is 5.91 Å². The topological polar surface area (TPSA) is 73.9 Å². The summed E-state index contributed by atoms with van der Waals surface area (Å²) in [6, 6.07) is 6.57. The van der Waals surface area contributed by atoms with E-state index in [2.05, 4.69) is 52.4 Å². The van der Waals surface area contributed by atoms with Crippen LogP contribution in [-0.4, -0.2) is 31.4 Å². The Morgan fingerprint density at radius 3 is 2.84 bits per heavy atom. The van der Waals surface area contributed by atoms with E-state index in [0.717, 1.165) is 28.4 Å². The second kappa shape index (κ2) is 4.94. The maximum absolute atomic E-state index is 12.3. The number of hydrazine groups is 1. The highest BCUT2D eigenvalue weighted by Crippen LogP contribution is 2.42. The van der Waals surface area contributed by atoms with Crippen LogP contribution in [0.3, 0.4) is 0 Å². The molecule has 0 unspecified atom stereocenters. The van der Waals surface area contributed by atoms with Crippen LogP contribution < -0.4 is 5.43 Å². The summed E-state index contributed by atoms with van der Waals surface area (Å²) in [5.74, 6) is 1.48. The number of nitrogens with one attached hydrogen (secondary N) is 2. The number of carbonyl (C=O) groups excluding carboxylic acids is 1. The number of rotatable bonds is 3. The first-order valence-electron chi connectivity index (χ1n) is 8.89. The molecule has 0 bridgehead atoms. The van der Waals surface area contributed by atoms with Gasteiger partial charge in [-0.2, -0.15) is 0 Å². The van der Waals surface area contributed by atoms with Crippen molar-refractivity contribution in [3.05, 3.63) is 30.1 Å². The van der Waals surface area contributed by atoms with Gasteiger partial charge < -0.3 is 4.98 Å². The molecule has 6 heteroatoms. The first kappa shape index (κ1) is 14.7. The molecule has 0 atom stereocenters. The van der Waals surface area contributed by atoms with Gasteiger partial charge in [0, 0.05) is 17.3 Å². The van der Waals surface area contributed by atoms with Gasteiger partial charge in [0.1, 0.15) is 12.0 Å². The lowest BCUT2D eigenvalue weighted by Gasteiger charge is -2.32. The number of amides is 1. The third kappa shape index (κ3) is 2.27. The minimum Gasteiger partial charge on any atom is -0.339 e. The van der Waals surface area contributed by atoms with Crippen LogP contribution in [0.15, 0.2) is 24.5 Å². The van der Waals surface area contributed by atoms with E-state index in [1.807, 2.05) is 0 Å². The number of carbonyl (C=O) groups is 1. The molecule has 2 N–H and O–H groups in total. The number of H-pyrrole nitrogens is 1. The van der Waals surface area contributed by atoms with Crippen molar-refractivity contribution in [2.24, 2.45) is 0 Å². The predicted molar refractivity (Wildman–Crippen MR) is 97.2 cm³/mol. The monoisotopic (exact) mass is 335 g/mol. The van der Waals surface area contributed by atoms with E-state index in [4.69, 9.17) is 0 Å². The van der Waals surface area contributed by atoms with Crippen molar-refractivity contribution < 1.29 is 4.79 Å². The molecule has 2 aromatic heterocycles. The summed E-state index contributed by atoms with van der Waals surface area (Å²) in [7, 11) is 0. The Morgan fingerprint density at radius 2 is 2.12 bits per heavy atom. The number of benzene rings is 1. The van der Waals surface area contributed by atoms with Gasteiger partial charge in [-0.25, -0.2) is 15.0 Å². The second-order valence-electron chi connectivity index (χ2n) is 7.80. The van der Waals surface area contributed by atoms with Crippen LogP contribution >= 0.6 is 0 Å². The van der Waals surface area contributed by atoms with Crippen molar-refractivity contribution in [3.8, 4) is 0 Å². The zero-order valence-corrected chi connectivity index (χ0v) is 14.5. The van der Waals surface area contributed by atoms with Gasteiger partial charge in [0.15, 0.2) is 5.82 Å². The molecule has 3 aromatic rings. The Balaban J connectivity index is 1.66. The van der Waals surface area contributed by atoms with Gasteiger partial charge in [-0.15, -0.1) is 0 Å². The van der Waals surface area contributed by atoms with Crippen LogP contribution in [0, 0.1) is 0 Å². The fourth-order valence-corrected chi connectivity index (χ4v) is 3.79. The Kier molecular flexibility index (Phi) is 2.90. The average Bonchev–Trinajstić information content (AvgIpc) is 3.32. The van der Waals surface area contributed by atoms with Crippen LogP contribution in [0.4, 0.5) is 5.82 Å². The molecule has 1 aromatic carbocycles. The summed E-state index contributed by atoms with van der Waals surface area (Å²) in [6.07, 6.45) is 5.48. The van der Waals surface area contributed by atoms with Crippen molar-refractivity contribution in [1.29, 1.82) is 0 Å². The lowest BCUT2D eigenvalue weighted by atomic mass is 10.0. The second-order valence-corrected chi connectivity index (χ2v) is 7.80. The SMILES string of the molecule is CC1(C)CCC(=O)N1Nc1ncnc2[nH]c3ccc(C4CC4)cc3c12. The molecule has 1 aliphatic heterocycles. The number of anilines is 1. The predicted octanol–water partition coefficient (Wildman–Crippen LogP) is 3.72. The minimum absolute atomic E-state index is 0.107. The smallest absolute Gasteiger partial charge is 0.241 e. The highest BCUT2D eigenvalue weighted by Gasteiger charge is 2.38. The van der Waals surface area contributed by atoms with E-state index in [1.54, 1.807) is 5.01 Å². The van der Waals surface area contributed by atoms with E-state index in [-0.39, 0.29) is 11.4 Å². The molecule has 1 aliphatic carbocycles. The normalized spacial score (nSPS) is 19.9. The molecular formula is C19H21N5O. The van der Waals surface area contributed by atoms with E-state index >= 15 is 0 Å². The highest BCUT2D eigenvalue weighted by molar-refractivity contribution is 6.11. The maximum atomic E-state index is 12.3. The Bertz CT molecular complexity index is 1000. The Morgan fingerprint density at radius 1 is 1.28 bits per heavy atom. The zero-order chi connectivity index (χ0) is 17.2. The lowest BCUT2D eigenvalue weighted by molar-refractivity contribution is -0.129. The molecule has 25 heavy (non-hydrogen) atoms. The number of nitrogens with zero attached hydrogens (tertiary/aromatic N) is 3. The fraction of sp³-hybridized carbons (Fsp3) is 0.421. The van der Waals surface area contributed by atoms with Crippen molar-refractivity contribution in [1.82, 2.24) is 20.0 Å². The molecule has 1 saturated carbocycles.